The van der Waals surface area contributed by atoms with Crippen LogP contribution in [0, 0.1) is 6.92 Å². The molecule has 21 heavy (non-hydrogen) atoms. The number of carbonyl (C=O) groups is 1. The van der Waals surface area contributed by atoms with Gasteiger partial charge in [0.25, 0.3) is 0 Å². The zero-order valence-electron chi connectivity index (χ0n) is 12.7. The van der Waals surface area contributed by atoms with Gasteiger partial charge in [-0.15, -0.1) is 0 Å². The van der Waals surface area contributed by atoms with E-state index in [4.69, 9.17) is 4.74 Å². The first-order chi connectivity index (χ1) is 10.1. The van der Waals surface area contributed by atoms with Crippen molar-refractivity contribution in [2.75, 3.05) is 0 Å². The van der Waals surface area contributed by atoms with Gasteiger partial charge in [0, 0.05) is 0 Å². The predicted octanol–water partition coefficient (Wildman–Crippen LogP) is 4.72. The molecule has 0 unspecified atom stereocenters. The number of aryl methyl sites for hydroxylation is 1. The Hall–Kier alpha value is -2.35. The second kappa shape index (κ2) is 6.89. The lowest BCUT2D eigenvalue weighted by Gasteiger charge is -2.10. The van der Waals surface area contributed by atoms with Crippen LogP contribution in [0.4, 0.5) is 0 Å². The lowest BCUT2D eigenvalue weighted by atomic mass is 10.1. The monoisotopic (exact) mass is 280 g/mol. The van der Waals surface area contributed by atoms with Crippen molar-refractivity contribution >= 4 is 5.97 Å². The standard InChI is InChI=1S/C19H20O2/c1-14(2)9-11-17-13-15(3)10-12-18(17)21-19(20)16-7-5-4-6-8-16/h4-10,12-13H,11H2,1-3H3. The van der Waals surface area contributed by atoms with Crippen molar-refractivity contribution in [3.05, 3.63) is 76.9 Å². The van der Waals surface area contributed by atoms with E-state index in [9.17, 15) is 4.79 Å². The third kappa shape index (κ3) is 4.32. The lowest BCUT2D eigenvalue weighted by Crippen LogP contribution is -2.09. The third-order valence-electron chi connectivity index (χ3n) is 3.16. The van der Waals surface area contributed by atoms with E-state index in [-0.39, 0.29) is 5.97 Å². The van der Waals surface area contributed by atoms with Crippen LogP contribution >= 0.6 is 0 Å². The SMILES string of the molecule is CC(C)=CCc1cc(C)ccc1OC(=O)c1ccccc1. The summed E-state index contributed by atoms with van der Waals surface area (Å²) in [4.78, 5) is 12.2. The minimum atomic E-state index is -0.321. The summed E-state index contributed by atoms with van der Waals surface area (Å²) in [6.45, 7) is 6.16. The molecule has 0 saturated carbocycles. The normalized spacial score (nSPS) is 10.0. The number of rotatable bonds is 4. The van der Waals surface area contributed by atoms with E-state index in [1.54, 1.807) is 12.1 Å². The molecule has 2 aromatic carbocycles. The van der Waals surface area contributed by atoms with Gasteiger partial charge in [-0.25, -0.2) is 4.79 Å². The Balaban J connectivity index is 2.23. The smallest absolute Gasteiger partial charge is 0.343 e. The summed E-state index contributed by atoms with van der Waals surface area (Å²) in [7, 11) is 0. The van der Waals surface area contributed by atoms with E-state index in [1.165, 1.54) is 5.57 Å². The molecule has 0 heterocycles. The Morgan fingerprint density at radius 3 is 2.48 bits per heavy atom. The molecule has 0 aliphatic heterocycles. The van der Waals surface area contributed by atoms with Crippen LogP contribution in [-0.2, 0) is 6.42 Å². The molecule has 0 atom stereocenters. The van der Waals surface area contributed by atoms with Crippen molar-refractivity contribution in [2.24, 2.45) is 0 Å². The molecule has 0 aliphatic carbocycles. The molecule has 0 N–H and O–H groups in total. The van der Waals surface area contributed by atoms with Gasteiger partial charge in [0.05, 0.1) is 5.56 Å². The summed E-state index contributed by atoms with van der Waals surface area (Å²) in [5.74, 6) is 0.310. The zero-order chi connectivity index (χ0) is 15.2. The van der Waals surface area contributed by atoms with E-state index in [0.29, 0.717) is 11.3 Å². The number of hydrogen-bond acceptors (Lipinski definition) is 2. The molecule has 2 aromatic rings. The molecule has 2 heteroatoms. The number of ether oxygens (including phenoxy) is 1. The first-order valence-electron chi connectivity index (χ1n) is 7.06. The van der Waals surface area contributed by atoms with Gasteiger partial charge in [-0.2, -0.15) is 0 Å². The van der Waals surface area contributed by atoms with Gasteiger partial charge in [-0.3, -0.25) is 0 Å². The minimum Gasteiger partial charge on any atom is -0.423 e. The number of allylic oxidation sites excluding steroid dienone is 2. The summed E-state index contributed by atoms with van der Waals surface area (Å²) >= 11 is 0. The first kappa shape index (κ1) is 15.0. The van der Waals surface area contributed by atoms with Crippen LogP contribution in [0.2, 0.25) is 0 Å². The van der Waals surface area contributed by atoms with Crippen LogP contribution < -0.4 is 4.74 Å². The summed E-state index contributed by atoms with van der Waals surface area (Å²) in [6.07, 6.45) is 2.90. The first-order valence-corrected chi connectivity index (χ1v) is 7.06. The highest BCUT2D eigenvalue weighted by Gasteiger charge is 2.11. The van der Waals surface area contributed by atoms with Crippen molar-refractivity contribution < 1.29 is 9.53 Å². The van der Waals surface area contributed by atoms with E-state index in [0.717, 1.165) is 17.5 Å². The number of benzene rings is 2. The van der Waals surface area contributed by atoms with Crippen molar-refractivity contribution in [1.82, 2.24) is 0 Å². The Morgan fingerprint density at radius 1 is 1.10 bits per heavy atom. The molecule has 0 fully saturated rings. The van der Waals surface area contributed by atoms with Gasteiger partial charge in [-0.05, 0) is 51.0 Å². The van der Waals surface area contributed by atoms with Gasteiger partial charge in [0.2, 0.25) is 0 Å². The summed E-state index contributed by atoms with van der Waals surface area (Å²) in [5.41, 5.74) is 4.00. The average Bonchev–Trinajstić information content (AvgIpc) is 2.48. The van der Waals surface area contributed by atoms with Crippen LogP contribution in [0.25, 0.3) is 0 Å². The molecule has 2 nitrogen and oxygen atoms in total. The molecule has 0 aliphatic rings. The molecule has 0 radical (unpaired) electrons. The Bertz CT molecular complexity index is 651. The zero-order valence-corrected chi connectivity index (χ0v) is 12.7. The van der Waals surface area contributed by atoms with Crippen LogP contribution in [0.3, 0.4) is 0 Å². The van der Waals surface area contributed by atoms with E-state index >= 15 is 0 Å². The molecule has 0 bridgehead atoms. The summed E-state index contributed by atoms with van der Waals surface area (Å²) < 4.78 is 5.55. The summed E-state index contributed by atoms with van der Waals surface area (Å²) in [6, 6.07) is 14.9. The highest BCUT2D eigenvalue weighted by atomic mass is 16.5. The maximum absolute atomic E-state index is 12.2. The maximum atomic E-state index is 12.2. The molecule has 108 valence electrons. The molecule has 0 amide bonds. The third-order valence-corrected chi connectivity index (χ3v) is 3.16. The fourth-order valence-corrected chi connectivity index (χ4v) is 2.01. The molecular weight excluding hydrogens is 260 g/mol. The van der Waals surface area contributed by atoms with Gasteiger partial charge < -0.3 is 4.74 Å². The lowest BCUT2D eigenvalue weighted by molar-refractivity contribution is 0.0733. The molecular formula is C19H20O2. The number of hydrogen-bond donors (Lipinski definition) is 0. The molecule has 0 spiro atoms. The second-order valence-electron chi connectivity index (χ2n) is 5.35. The van der Waals surface area contributed by atoms with E-state index in [1.807, 2.05) is 37.3 Å². The minimum absolute atomic E-state index is 0.321. The molecule has 0 saturated heterocycles. The maximum Gasteiger partial charge on any atom is 0.343 e. The quantitative estimate of drug-likeness (QED) is 0.460. The van der Waals surface area contributed by atoms with Crippen molar-refractivity contribution in [1.29, 1.82) is 0 Å². The Morgan fingerprint density at radius 2 is 1.81 bits per heavy atom. The van der Waals surface area contributed by atoms with Gasteiger partial charge in [-0.1, -0.05) is 47.5 Å². The van der Waals surface area contributed by atoms with Crippen LogP contribution in [0.1, 0.15) is 35.3 Å². The Kier molecular flexibility index (Phi) is 4.94. The number of carbonyl (C=O) groups excluding carboxylic acids is 1. The topological polar surface area (TPSA) is 26.3 Å². The van der Waals surface area contributed by atoms with Gasteiger partial charge >= 0.3 is 5.97 Å². The highest BCUT2D eigenvalue weighted by molar-refractivity contribution is 5.91. The number of esters is 1. The van der Waals surface area contributed by atoms with Crippen LogP contribution in [-0.4, -0.2) is 5.97 Å². The van der Waals surface area contributed by atoms with E-state index < -0.39 is 0 Å². The fourth-order valence-electron chi connectivity index (χ4n) is 2.01. The van der Waals surface area contributed by atoms with Crippen molar-refractivity contribution in [3.8, 4) is 5.75 Å². The largest absolute Gasteiger partial charge is 0.423 e. The van der Waals surface area contributed by atoms with Crippen molar-refractivity contribution in [2.45, 2.75) is 27.2 Å². The molecule has 0 aromatic heterocycles. The summed E-state index contributed by atoms with van der Waals surface area (Å²) in [5, 5.41) is 0. The van der Waals surface area contributed by atoms with E-state index in [2.05, 4.69) is 26.0 Å². The van der Waals surface area contributed by atoms with Gasteiger partial charge in [0.1, 0.15) is 5.75 Å². The fraction of sp³-hybridized carbons (Fsp3) is 0.211. The average molecular weight is 280 g/mol. The predicted molar refractivity (Wildman–Crippen MR) is 85.7 cm³/mol. The van der Waals surface area contributed by atoms with Crippen molar-refractivity contribution in [3.63, 3.8) is 0 Å². The van der Waals surface area contributed by atoms with Crippen LogP contribution in [0.5, 0.6) is 5.75 Å². The second-order valence-corrected chi connectivity index (χ2v) is 5.35. The highest BCUT2D eigenvalue weighted by Crippen LogP contribution is 2.22. The molecule has 2 rings (SSSR count). The Labute approximate surface area is 126 Å². The van der Waals surface area contributed by atoms with Crippen LogP contribution in [0.15, 0.2) is 60.2 Å². The van der Waals surface area contributed by atoms with Gasteiger partial charge in [0.15, 0.2) is 0 Å².